The molecule has 4 N–H and O–H groups in total. The first-order valence-corrected chi connectivity index (χ1v) is 7.61. The predicted octanol–water partition coefficient (Wildman–Crippen LogP) is 0.515. The largest absolute Gasteiger partial charge is 0.352 e. The van der Waals surface area contributed by atoms with E-state index in [2.05, 4.69) is 21.5 Å². The van der Waals surface area contributed by atoms with Gasteiger partial charge in [-0.1, -0.05) is 37.3 Å². The van der Waals surface area contributed by atoms with E-state index in [1.807, 2.05) is 30.3 Å². The van der Waals surface area contributed by atoms with E-state index >= 15 is 0 Å². The highest BCUT2D eigenvalue weighted by molar-refractivity contribution is 7.80. The lowest BCUT2D eigenvalue weighted by molar-refractivity contribution is -0.126. The molecule has 3 amide bonds. The Bertz CT molecular complexity index is 563. The molecule has 124 valence electrons. The molecule has 1 aromatic carbocycles. The van der Waals surface area contributed by atoms with Crippen LogP contribution >= 0.6 is 12.2 Å². The van der Waals surface area contributed by atoms with E-state index in [1.165, 1.54) is 0 Å². The van der Waals surface area contributed by atoms with Crippen LogP contribution in [0.2, 0.25) is 0 Å². The van der Waals surface area contributed by atoms with Crippen molar-refractivity contribution in [1.82, 2.24) is 21.5 Å². The highest BCUT2D eigenvalue weighted by Crippen LogP contribution is 1.98. The summed E-state index contributed by atoms with van der Waals surface area (Å²) in [5, 5.41) is 5.12. The summed E-state index contributed by atoms with van der Waals surface area (Å²) in [6.45, 7) is 2.11. The van der Waals surface area contributed by atoms with Gasteiger partial charge in [0.15, 0.2) is 5.11 Å². The maximum Gasteiger partial charge on any atom is 0.238 e. The summed E-state index contributed by atoms with van der Waals surface area (Å²) in [5.41, 5.74) is 5.70. The van der Waals surface area contributed by atoms with Crippen LogP contribution in [-0.2, 0) is 20.9 Å². The summed E-state index contributed by atoms with van der Waals surface area (Å²) in [6, 6.07) is 9.49. The number of hydrogen-bond acceptors (Lipinski definition) is 4. The Labute approximate surface area is 140 Å². The van der Waals surface area contributed by atoms with E-state index in [0.717, 1.165) is 5.56 Å². The Morgan fingerprint density at radius 2 is 1.61 bits per heavy atom. The number of hydrogen-bond donors (Lipinski definition) is 4. The number of rotatable bonds is 6. The quantitative estimate of drug-likeness (QED) is 0.448. The van der Waals surface area contributed by atoms with Gasteiger partial charge < -0.3 is 10.6 Å². The van der Waals surface area contributed by atoms with E-state index in [1.54, 1.807) is 6.92 Å². The van der Waals surface area contributed by atoms with Crippen LogP contribution < -0.4 is 21.5 Å². The van der Waals surface area contributed by atoms with Crippen molar-refractivity contribution < 1.29 is 14.4 Å². The number of thiocarbonyl (C=S) groups is 1. The van der Waals surface area contributed by atoms with Crippen LogP contribution in [-0.4, -0.2) is 22.8 Å². The Morgan fingerprint density at radius 1 is 0.957 bits per heavy atom. The fourth-order valence-electron chi connectivity index (χ4n) is 1.55. The summed E-state index contributed by atoms with van der Waals surface area (Å²) in [4.78, 5) is 34.3. The van der Waals surface area contributed by atoms with Gasteiger partial charge in [-0.3, -0.25) is 25.2 Å². The third-order valence-corrected chi connectivity index (χ3v) is 3.01. The molecule has 0 aliphatic carbocycles. The second-order valence-corrected chi connectivity index (χ2v) is 5.07. The Morgan fingerprint density at radius 3 is 2.26 bits per heavy atom. The Kier molecular flexibility index (Phi) is 8.30. The summed E-state index contributed by atoms with van der Waals surface area (Å²) < 4.78 is 0. The van der Waals surface area contributed by atoms with Crippen molar-refractivity contribution in [3.8, 4) is 0 Å². The van der Waals surface area contributed by atoms with E-state index in [-0.39, 0.29) is 36.2 Å². The number of hydrazine groups is 1. The smallest absolute Gasteiger partial charge is 0.238 e. The van der Waals surface area contributed by atoms with Gasteiger partial charge in [-0.2, -0.15) is 0 Å². The molecular formula is C15H20N4O3S. The maximum atomic E-state index is 11.6. The van der Waals surface area contributed by atoms with Crippen molar-refractivity contribution in [2.75, 3.05) is 0 Å². The first-order valence-electron chi connectivity index (χ1n) is 7.20. The monoisotopic (exact) mass is 336 g/mol. The highest BCUT2D eigenvalue weighted by Gasteiger charge is 2.07. The van der Waals surface area contributed by atoms with Gasteiger partial charge >= 0.3 is 0 Å². The second kappa shape index (κ2) is 10.3. The molecule has 0 aliphatic heterocycles. The van der Waals surface area contributed by atoms with Gasteiger partial charge in [0, 0.05) is 25.8 Å². The molecule has 7 nitrogen and oxygen atoms in total. The van der Waals surface area contributed by atoms with Gasteiger partial charge in [-0.25, -0.2) is 0 Å². The number of amides is 3. The average Bonchev–Trinajstić information content (AvgIpc) is 2.57. The fraction of sp³-hybridized carbons (Fsp3) is 0.333. The molecule has 0 aromatic heterocycles. The van der Waals surface area contributed by atoms with Gasteiger partial charge in [0.05, 0.1) is 0 Å². The van der Waals surface area contributed by atoms with Crippen LogP contribution in [0.4, 0.5) is 0 Å². The number of nitrogens with one attached hydrogen (secondary N) is 4. The molecule has 1 rings (SSSR count). The zero-order valence-corrected chi connectivity index (χ0v) is 13.7. The molecule has 8 heteroatoms. The summed E-state index contributed by atoms with van der Waals surface area (Å²) in [6.07, 6.45) is 0.365. The second-order valence-electron chi connectivity index (χ2n) is 4.67. The minimum atomic E-state index is -0.395. The van der Waals surface area contributed by atoms with Crippen molar-refractivity contribution >= 4 is 35.1 Å². The third-order valence-electron chi connectivity index (χ3n) is 2.80. The molecule has 0 saturated carbocycles. The first kappa shape index (κ1) is 18.6. The van der Waals surface area contributed by atoms with Crippen LogP contribution in [0.1, 0.15) is 31.7 Å². The van der Waals surface area contributed by atoms with E-state index in [9.17, 15) is 14.4 Å². The van der Waals surface area contributed by atoms with Crippen LogP contribution in [0.15, 0.2) is 30.3 Å². The van der Waals surface area contributed by atoms with Crippen molar-refractivity contribution in [1.29, 1.82) is 0 Å². The number of carbonyl (C=O) groups is 3. The lowest BCUT2D eigenvalue weighted by Crippen LogP contribution is -2.48. The van der Waals surface area contributed by atoms with Crippen LogP contribution in [0, 0.1) is 0 Å². The number of benzene rings is 1. The predicted molar refractivity (Wildman–Crippen MR) is 89.8 cm³/mol. The molecule has 23 heavy (non-hydrogen) atoms. The van der Waals surface area contributed by atoms with Gasteiger partial charge in [-0.05, 0) is 17.8 Å². The van der Waals surface area contributed by atoms with Crippen LogP contribution in [0.25, 0.3) is 0 Å². The van der Waals surface area contributed by atoms with Gasteiger partial charge in [-0.15, -0.1) is 0 Å². The van der Waals surface area contributed by atoms with Crippen LogP contribution in [0.3, 0.4) is 0 Å². The molecule has 0 unspecified atom stereocenters. The maximum absolute atomic E-state index is 11.6. The molecule has 0 spiro atoms. The summed E-state index contributed by atoms with van der Waals surface area (Å²) >= 11 is 4.81. The highest BCUT2D eigenvalue weighted by atomic mass is 32.1. The van der Waals surface area contributed by atoms with E-state index in [4.69, 9.17) is 12.2 Å². The minimum absolute atomic E-state index is 0.0119. The molecule has 0 heterocycles. The van der Waals surface area contributed by atoms with Crippen molar-refractivity contribution in [3.05, 3.63) is 35.9 Å². The van der Waals surface area contributed by atoms with E-state index < -0.39 is 5.91 Å². The lowest BCUT2D eigenvalue weighted by atomic mass is 10.2. The lowest BCUT2D eigenvalue weighted by Gasteiger charge is -2.10. The Balaban J connectivity index is 2.16. The average molecular weight is 336 g/mol. The standard InChI is InChI=1S/C15H20N4O3S/c1-2-12(20)17-15(23)19-18-14(22)9-8-13(21)16-10-11-6-4-3-5-7-11/h3-7H,2,8-10H2,1H3,(H,16,21)(H,18,22)(H2,17,19,20,23). The molecule has 0 aliphatic rings. The number of carbonyl (C=O) groups excluding carboxylic acids is 3. The van der Waals surface area contributed by atoms with E-state index in [0.29, 0.717) is 6.54 Å². The molecule has 1 aromatic rings. The summed E-state index contributed by atoms with van der Waals surface area (Å²) in [7, 11) is 0. The topological polar surface area (TPSA) is 99.3 Å². The fourth-order valence-corrected chi connectivity index (χ4v) is 1.71. The molecule has 0 bridgehead atoms. The zero-order valence-electron chi connectivity index (χ0n) is 12.8. The van der Waals surface area contributed by atoms with Crippen LogP contribution in [0.5, 0.6) is 0 Å². The molecular weight excluding hydrogens is 316 g/mol. The van der Waals surface area contributed by atoms with Crippen molar-refractivity contribution in [2.45, 2.75) is 32.7 Å². The van der Waals surface area contributed by atoms with Gasteiger partial charge in [0.25, 0.3) is 0 Å². The molecule has 0 radical (unpaired) electrons. The van der Waals surface area contributed by atoms with Crippen molar-refractivity contribution in [3.63, 3.8) is 0 Å². The molecule has 0 atom stereocenters. The first-order chi connectivity index (χ1) is 11.0. The SMILES string of the molecule is CCC(=O)NC(=S)NNC(=O)CCC(=O)NCc1ccccc1. The van der Waals surface area contributed by atoms with Crippen molar-refractivity contribution in [2.24, 2.45) is 0 Å². The molecule has 0 saturated heterocycles. The minimum Gasteiger partial charge on any atom is -0.352 e. The Hall–Kier alpha value is -2.48. The molecule has 0 fully saturated rings. The van der Waals surface area contributed by atoms with Gasteiger partial charge in [0.2, 0.25) is 17.7 Å². The summed E-state index contributed by atoms with van der Waals surface area (Å²) in [5.74, 6) is -0.865. The normalized spacial score (nSPS) is 9.61. The third kappa shape index (κ3) is 8.52. The van der Waals surface area contributed by atoms with Gasteiger partial charge in [0.1, 0.15) is 0 Å². The zero-order chi connectivity index (χ0) is 17.1.